The number of ether oxygens (including phenoxy) is 2. The molecule has 32 heavy (non-hydrogen) atoms. The molecule has 1 saturated heterocycles. The molecule has 1 aromatic carbocycles. The molecule has 2 heterocycles. The lowest BCUT2D eigenvalue weighted by Crippen LogP contribution is -2.52. The standard InChI is InChI=1S/C21H25Cl2N5O4/c1-4-17-16(20(29)32-3)12-18(19(24-17)31-2)25-21(26-30)28-7-5-27(6-8-28)15-10-13(22)9-14(23)11-15/h9-12,30H,4-8H2,1-3H3,(H,25,26). The third-order valence-corrected chi connectivity index (χ3v) is 5.54. The van der Waals surface area contributed by atoms with Crippen molar-refractivity contribution in [3.63, 3.8) is 0 Å². The summed E-state index contributed by atoms with van der Waals surface area (Å²) in [4.78, 5) is 25.1. The van der Waals surface area contributed by atoms with Gasteiger partial charge in [0.2, 0.25) is 11.8 Å². The second-order valence-electron chi connectivity index (χ2n) is 7.01. The zero-order chi connectivity index (χ0) is 23.3. The minimum atomic E-state index is -0.513. The van der Waals surface area contributed by atoms with E-state index in [1.807, 2.05) is 24.0 Å². The van der Waals surface area contributed by atoms with Crippen LogP contribution in [0.4, 0.5) is 11.4 Å². The van der Waals surface area contributed by atoms with Gasteiger partial charge in [-0.3, -0.25) is 5.21 Å². The van der Waals surface area contributed by atoms with Crippen LogP contribution in [0.15, 0.2) is 29.3 Å². The fourth-order valence-corrected chi connectivity index (χ4v) is 4.00. The molecule has 0 saturated carbocycles. The Labute approximate surface area is 196 Å². The van der Waals surface area contributed by atoms with Gasteiger partial charge in [0.25, 0.3) is 0 Å². The number of carbonyl (C=O) groups is 1. The van der Waals surface area contributed by atoms with Gasteiger partial charge in [-0.05, 0) is 30.7 Å². The van der Waals surface area contributed by atoms with Crippen molar-refractivity contribution in [3.05, 3.63) is 45.6 Å². The first-order valence-electron chi connectivity index (χ1n) is 10.0. The molecule has 172 valence electrons. The summed E-state index contributed by atoms with van der Waals surface area (Å²) in [6.07, 6.45) is 0.519. The third kappa shape index (κ3) is 5.35. The molecule has 0 spiro atoms. The Kier molecular flexibility index (Phi) is 8.00. The first-order valence-corrected chi connectivity index (χ1v) is 10.8. The largest absolute Gasteiger partial charge is 0.479 e. The van der Waals surface area contributed by atoms with Crippen LogP contribution in [0.25, 0.3) is 0 Å². The SMILES string of the molecule is CCc1nc(OC)c(N=C(NO)N2CCN(c3cc(Cl)cc(Cl)c3)CC2)cc1C(=O)OC. The Morgan fingerprint density at radius 3 is 2.34 bits per heavy atom. The number of nitrogens with zero attached hydrogens (tertiary/aromatic N) is 4. The second-order valence-corrected chi connectivity index (χ2v) is 7.88. The lowest BCUT2D eigenvalue weighted by molar-refractivity contribution is 0.0599. The summed E-state index contributed by atoms with van der Waals surface area (Å²) in [5, 5.41) is 10.9. The molecule has 1 aliphatic heterocycles. The number of methoxy groups -OCH3 is 2. The smallest absolute Gasteiger partial charge is 0.339 e. The Bertz CT molecular complexity index is 990. The molecule has 3 rings (SSSR count). The number of esters is 1. The molecule has 9 nitrogen and oxygen atoms in total. The predicted octanol–water partition coefficient (Wildman–Crippen LogP) is 3.53. The monoisotopic (exact) mass is 481 g/mol. The lowest BCUT2D eigenvalue weighted by Gasteiger charge is -2.37. The van der Waals surface area contributed by atoms with Crippen LogP contribution in [-0.2, 0) is 11.2 Å². The summed E-state index contributed by atoms with van der Waals surface area (Å²) in [7, 11) is 2.78. The van der Waals surface area contributed by atoms with Gasteiger partial charge in [-0.2, -0.15) is 0 Å². The average molecular weight is 482 g/mol. The zero-order valence-electron chi connectivity index (χ0n) is 18.1. The van der Waals surface area contributed by atoms with Gasteiger partial charge in [0, 0.05) is 41.9 Å². The number of rotatable bonds is 5. The lowest BCUT2D eigenvalue weighted by atomic mass is 10.1. The van der Waals surface area contributed by atoms with Gasteiger partial charge >= 0.3 is 5.97 Å². The summed E-state index contributed by atoms with van der Waals surface area (Å²) in [5.41, 5.74) is 4.22. The van der Waals surface area contributed by atoms with E-state index in [1.165, 1.54) is 14.2 Å². The van der Waals surface area contributed by atoms with Gasteiger partial charge in [-0.1, -0.05) is 30.1 Å². The molecule has 0 unspecified atom stereocenters. The number of nitrogens with one attached hydrogen (secondary N) is 1. The van der Waals surface area contributed by atoms with Crippen LogP contribution in [0.1, 0.15) is 23.0 Å². The van der Waals surface area contributed by atoms with E-state index in [9.17, 15) is 10.0 Å². The normalized spacial score (nSPS) is 14.4. The summed E-state index contributed by atoms with van der Waals surface area (Å²) in [5.74, 6) is -0.0517. The van der Waals surface area contributed by atoms with Crippen LogP contribution < -0.4 is 15.1 Å². The summed E-state index contributed by atoms with van der Waals surface area (Å²) in [6, 6.07) is 6.97. The maximum atomic E-state index is 12.2. The number of halogens is 2. The Morgan fingerprint density at radius 1 is 1.16 bits per heavy atom. The van der Waals surface area contributed by atoms with Crippen molar-refractivity contribution in [1.82, 2.24) is 15.4 Å². The molecule has 0 aliphatic carbocycles. The molecule has 0 atom stereocenters. The highest BCUT2D eigenvalue weighted by atomic mass is 35.5. The highest BCUT2D eigenvalue weighted by molar-refractivity contribution is 6.35. The van der Waals surface area contributed by atoms with Crippen molar-refractivity contribution in [3.8, 4) is 5.88 Å². The number of pyridine rings is 1. The van der Waals surface area contributed by atoms with Crippen molar-refractivity contribution in [1.29, 1.82) is 0 Å². The van der Waals surface area contributed by atoms with E-state index in [-0.39, 0.29) is 11.8 Å². The quantitative estimate of drug-likeness (QED) is 0.289. The molecule has 11 heteroatoms. The number of hydrogen-bond acceptors (Lipinski definition) is 7. The topological polar surface area (TPSA) is 99.5 Å². The number of hydrogen-bond donors (Lipinski definition) is 2. The molecule has 2 N–H and O–H groups in total. The molecule has 2 aromatic rings. The predicted molar refractivity (Wildman–Crippen MR) is 124 cm³/mol. The number of aliphatic imine (C=N–C) groups is 1. The van der Waals surface area contributed by atoms with E-state index in [0.717, 1.165) is 5.69 Å². The van der Waals surface area contributed by atoms with Crippen molar-refractivity contribution in [2.24, 2.45) is 4.99 Å². The van der Waals surface area contributed by atoms with Gasteiger partial charge in [-0.15, -0.1) is 0 Å². The average Bonchev–Trinajstić information content (AvgIpc) is 2.81. The number of guanidine groups is 1. The number of hydroxylamine groups is 1. The van der Waals surface area contributed by atoms with E-state index in [1.54, 1.807) is 12.1 Å². The van der Waals surface area contributed by atoms with E-state index in [2.05, 4.69) is 20.4 Å². The van der Waals surface area contributed by atoms with Crippen molar-refractivity contribution < 1.29 is 19.5 Å². The Morgan fingerprint density at radius 2 is 1.81 bits per heavy atom. The minimum absolute atomic E-state index is 0.217. The van der Waals surface area contributed by atoms with Gasteiger partial charge < -0.3 is 19.3 Å². The summed E-state index contributed by atoms with van der Waals surface area (Å²) < 4.78 is 10.2. The van der Waals surface area contributed by atoms with Crippen LogP contribution in [0.3, 0.4) is 0 Å². The molecular formula is C21H25Cl2N5O4. The van der Waals surface area contributed by atoms with E-state index >= 15 is 0 Å². The highest BCUT2D eigenvalue weighted by Gasteiger charge is 2.23. The van der Waals surface area contributed by atoms with Crippen LogP contribution in [0.5, 0.6) is 5.88 Å². The first kappa shape index (κ1) is 23.9. The Hall–Kier alpha value is -2.75. The summed E-state index contributed by atoms with van der Waals surface area (Å²) >= 11 is 12.2. The fourth-order valence-electron chi connectivity index (χ4n) is 3.49. The van der Waals surface area contributed by atoms with Crippen molar-refractivity contribution >= 4 is 46.5 Å². The van der Waals surface area contributed by atoms with E-state index < -0.39 is 5.97 Å². The molecule has 0 amide bonds. The van der Waals surface area contributed by atoms with E-state index in [4.69, 9.17) is 32.7 Å². The maximum Gasteiger partial charge on any atom is 0.339 e. The van der Waals surface area contributed by atoms with Crippen LogP contribution >= 0.6 is 23.2 Å². The number of aromatic nitrogens is 1. The van der Waals surface area contributed by atoms with Crippen LogP contribution in [0.2, 0.25) is 10.0 Å². The van der Waals surface area contributed by atoms with Crippen LogP contribution in [0, 0.1) is 0 Å². The second kappa shape index (κ2) is 10.7. The number of benzene rings is 1. The number of piperazine rings is 1. The van der Waals surface area contributed by atoms with Crippen molar-refractivity contribution in [2.45, 2.75) is 13.3 Å². The van der Waals surface area contributed by atoms with Crippen molar-refractivity contribution in [2.75, 3.05) is 45.3 Å². The summed E-state index contributed by atoms with van der Waals surface area (Å²) in [6.45, 7) is 4.35. The van der Waals surface area contributed by atoms with Gasteiger partial charge in [0.05, 0.1) is 25.5 Å². The number of carbonyl (C=O) groups excluding carboxylic acids is 1. The molecule has 1 aromatic heterocycles. The number of anilines is 1. The zero-order valence-corrected chi connectivity index (χ0v) is 19.6. The minimum Gasteiger partial charge on any atom is -0.479 e. The van der Waals surface area contributed by atoms with Crippen LogP contribution in [-0.4, -0.2) is 67.4 Å². The van der Waals surface area contributed by atoms with Gasteiger partial charge in [0.15, 0.2) is 0 Å². The van der Waals surface area contributed by atoms with E-state index in [0.29, 0.717) is 59.6 Å². The van der Waals surface area contributed by atoms with Gasteiger partial charge in [0.1, 0.15) is 5.69 Å². The number of aryl methyl sites for hydroxylation is 1. The Balaban J connectivity index is 1.84. The molecule has 0 radical (unpaired) electrons. The molecule has 1 fully saturated rings. The molecule has 0 bridgehead atoms. The third-order valence-electron chi connectivity index (χ3n) is 5.10. The maximum absolute atomic E-state index is 12.2. The van der Waals surface area contributed by atoms with Gasteiger partial charge in [-0.25, -0.2) is 20.3 Å². The first-order chi connectivity index (χ1) is 15.4. The molecular weight excluding hydrogens is 457 g/mol. The molecule has 1 aliphatic rings. The highest BCUT2D eigenvalue weighted by Crippen LogP contribution is 2.30. The fraction of sp³-hybridized carbons (Fsp3) is 0.381.